The van der Waals surface area contributed by atoms with Crippen molar-refractivity contribution < 1.29 is 14.3 Å². The zero-order chi connectivity index (χ0) is 18.9. The molecule has 0 saturated heterocycles. The van der Waals surface area contributed by atoms with Gasteiger partial charge < -0.3 is 9.47 Å². The van der Waals surface area contributed by atoms with Gasteiger partial charge in [-0.15, -0.1) is 0 Å². The summed E-state index contributed by atoms with van der Waals surface area (Å²) in [5, 5.41) is 1.91. The highest BCUT2D eigenvalue weighted by Crippen LogP contribution is 2.44. The lowest BCUT2D eigenvalue weighted by molar-refractivity contribution is 0.0970. The molecule has 0 fully saturated rings. The Balaban J connectivity index is 1.36. The average molecular weight is 366 g/mol. The van der Waals surface area contributed by atoms with Gasteiger partial charge in [-0.2, -0.15) is 0 Å². The molecular formula is C25H18O3. The summed E-state index contributed by atoms with van der Waals surface area (Å²) in [6, 6.07) is 30.0. The van der Waals surface area contributed by atoms with E-state index in [4.69, 9.17) is 9.47 Å². The number of carbonyl (C=O) groups is 1. The van der Waals surface area contributed by atoms with Gasteiger partial charge in [-0.05, 0) is 33.7 Å². The maximum atomic E-state index is 12.4. The summed E-state index contributed by atoms with van der Waals surface area (Å²) >= 11 is 0. The predicted molar refractivity (Wildman–Crippen MR) is 110 cm³/mol. The molecule has 1 aliphatic rings. The van der Waals surface area contributed by atoms with Crippen molar-refractivity contribution >= 4 is 16.9 Å². The second-order valence-electron chi connectivity index (χ2n) is 6.87. The van der Waals surface area contributed by atoms with Crippen LogP contribution in [-0.2, 0) is 4.74 Å². The van der Waals surface area contributed by atoms with Crippen molar-refractivity contribution in [1.29, 1.82) is 0 Å². The second kappa shape index (κ2) is 6.86. The normalized spacial score (nSPS) is 12.4. The van der Waals surface area contributed by atoms with Crippen LogP contribution in [0.5, 0.6) is 5.75 Å². The molecule has 4 aromatic rings. The lowest BCUT2D eigenvalue weighted by atomic mass is 9.98. The highest BCUT2D eigenvalue weighted by molar-refractivity contribution is 5.89. The van der Waals surface area contributed by atoms with E-state index in [9.17, 15) is 4.79 Å². The average Bonchev–Trinajstić information content (AvgIpc) is 3.06. The molecule has 0 heterocycles. The van der Waals surface area contributed by atoms with Crippen LogP contribution in [-0.4, -0.2) is 12.8 Å². The topological polar surface area (TPSA) is 35.5 Å². The number of fused-ring (bicyclic) bond motifs is 4. The fraction of sp³-hybridized carbons (Fsp3) is 0.0800. The Hall–Kier alpha value is -3.59. The van der Waals surface area contributed by atoms with E-state index in [1.807, 2.05) is 60.7 Å². The van der Waals surface area contributed by atoms with Crippen LogP contribution in [0.2, 0.25) is 0 Å². The fourth-order valence-electron chi connectivity index (χ4n) is 3.99. The molecule has 0 aliphatic heterocycles. The molecule has 0 aromatic heterocycles. The summed E-state index contributed by atoms with van der Waals surface area (Å²) in [5.74, 6) is 0.530. The number of hydrogen-bond acceptors (Lipinski definition) is 3. The quantitative estimate of drug-likeness (QED) is 0.321. The van der Waals surface area contributed by atoms with E-state index in [0.29, 0.717) is 5.75 Å². The number of hydrogen-bond donors (Lipinski definition) is 0. The van der Waals surface area contributed by atoms with Crippen molar-refractivity contribution in [2.45, 2.75) is 5.92 Å². The molecule has 0 spiro atoms. The molecule has 0 saturated carbocycles. The summed E-state index contributed by atoms with van der Waals surface area (Å²) in [7, 11) is 0. The van der Waals surface area contributed by atoms with E-state index in [1.165, 1.54) is 22.3 Å². The Morgan fingerprint density at radius 1 is 0.714 bits per heavy atom. The van der Waals surface area contributed by atoms with Gasteiger partial charge in [0.25, 0.3) is 0 Å². The van der Waals surface area contributed by atoms with E-state index in [2.05, 4.69) is 24.3 Å². The van der Waals surface area contributed by atoms with E-state index in [-0.39, 0.29) is 12.5 Å². The minimum atomic E-state index is -0.682. The summed E-state index contributed by atoms with van der Waals surface area (Å²) in [6.07, 6.45) is -0.682. The first kappa shape index (κ1) is 16.6. The van der Waals surface area contributed by atoms with Crippen LogP contribution < -0.4 is 4.74 Å². The lowest BCUT2D eigenvalue weighted by Crippen LogP contribution is -2.16. The predicted octanol–water partition coefficient (Wildman–Crippen LogP) is 6.17. The van der Waals surface area contributed by atoms with Gasteiger partial charge in [0, 0.05) is 11.3 Å². The first-order valence-corrected chi connectivity index (χ1v) is 9.32. The number of carbonyl (C=O) groups excluding carboxylic acids is 1. The maximum Gasteiger partial charge on any atom is 0.513 e. The van der Waals surface area contributed by atoms with Gasteiger partial charge in [0.05, 0.1) is 0 Å². The Kier molecular flexibility index (Phi) is 4.06. The SMILES string of the molecule is O=C(OCC1c2ccccc2-c2ccccc21)Oc1cccc2ccccc12. The third-order valence-corrected chi connectivity index (χ3v) is 5.27. The Bertz CT molecular complexity index is 1130. The first-order chi connectivity index (χ1) is 13.8. The molecule has 1 aliphatic carbocycles. The Morgan fingerprint density at radius 2 is 1.32 bits per heavy atom. The van der Waals surface area contributed by atoms with Crippen molar-refractivity contribution in [1.82, 2.24) is 0 Å². The molecule has 0 amide bonds. The molecule has 0 bridgehead atoms. The molecule has 0 radical (unpaired) electrons. The molecule has 0 atom stereocenters. The van der Waals surface area contributed by atoms with Crippen LogP contribution in [0.25, 0.3) is 21.9 Å². The summed E-state index contributed by atoms with van der Waals surface area (Å²) in [6.45, 7) is 0.248. The minimum Gasteiger partial charge on any atom is -0.433 e. The number of benzene rings is 4. The smallest absolute Gasteiger partial charge is 0.433 e. The van der Waals surface area contributed by atoms with Crippen molar-refractivity contribution in [2.75, 3.05) is 6.61 Å². The van der Waals surface area contributed by atoms with E-state index in [0.717, 1.165) is 10.8 Å². The molecule has 0 N–H and O–H groups in total. The third-order valence-electron chi connectivity index (χ3n) is 5.27. The molecule has 4 aromatic carbocycles. The van der Waals surface area contributed by atoms with Crippen molar-refractivity contribution in [3.05, 3.63) is 102 Å². The van der Waals surface area contributed by atoms with Gasteiger partial charge >= 0.3 is 6.16 Å². The van der Waals surface area contributed by atoms with Crippen LogP contribution in [0.3, 0.4) is 0 Å². The molecular weight excluding hydrogens is 348 g/mol. The summed E-state index contributed by atoms with van der Waals surface area (Å²) in [5.41, 5.74) is 4.77. The third kappa shape index (κ3) is 2.81. The van der Waals surface area contributed by atoms with Crippen LogP contribution >= 0.6 is 0 Å². The molecule has 136 valence electrons. The highest BCUT2D eigenvalue weighted by atomic mass is 16.7. The summed E-state index contributed by atoms with van der Waals surface area (Å²) in [4.78, 5) is 12.4. The van der Waals surface area contributed by atoms with Gasteiger partial charge in [-0.1, -0.05) is 84.9 Å². The minimum absolute atomic E-state index is 0.0208. The van der Waals surface area contributed by atoms with Gasteiger partial charge in [-0.25, -0.2) is 4.79 Å². The van der Waals surface area contributed by atoms with Gasteiger partial charge in [0.1, 0.15) is 12.4 Å². The maximum absolute atomic E-state index is 12.4. The van der Waals surface area contributed by atoms with E-state index < -0.39 is 6.16 Å². The number of rotatable bonds is 3. The summed E-state index contributed by atoms with van der Waals surface area (Å²) < 4.78 is 11.0. The van der Waals surface area contributed by atoms with Crippen LogP contribution in [0.4, 0.5) is 4.79 Å². The fourth-order valence-corrected chi connectivity index (χ4v) is 3.99. The van der Waals surface area contributed by atoms with Gasteiger partial charge in [0.15, 0.2) is 0 Å². The van der Waals surface area contributed by atoms with Crippen LogP contribution in [0.1, 0.15) is 17.0 Å². The second-order valence-corrected chi connectivity index (χ2v) is 6.87. The van der Waals surface area contributed by atoms with Gasteiger partial charge in [0.2, 0.25) is 0 Å². The molecule has 5 rings (SSSR count). The standard InChI is InChI=1S/C25H18O3/c26-25(28-24-15-7-9-17-8-1-2-10-18(17)24)27-16-23-21-13-5-3-11-19(21)20-12-4-6-14-22(20)23/h1-15,23H,16H2. The Morgan fingerprint density at radius 3 is 2.07 bits per heavy atom. The van der Waals surface area contributed by atoms with Crippen molar-refractivity contribution in [3.63, 3.8) is 0 Å². The zero-order valence-corrected chi connectivity index (χ0v) is 15.2. The van der Waals surface area contributed by atoms with E-state index in [1.54, 1.807) is 6.07 Å². The molecule has 28 heavy (non-hydrogen) atoms. The highest BCUT2D eigenvalue weighted by Gasteiger charge is 2.29. The van der Waals surface area contributed by atoms with Crippen LogP contribution in [0.15, 0.2) is 91.0 Å². The molecule has 3 heteroatoms. The molecule has 3 nitrogen and oxygen atoms in total. The first-order valence-electron chi connectivity index (χ1n) is 9.32. The molecule has 0 unspecified atom stereocenters. The largest absolute Gasteiger partial charge is 0.513 e. The Labute approximate surface area is 163 Å². The van der Waals surface area contributed by atoms with Crippen LogP contribution in [0, 0.1) is 0 Å². The number of ether oxygens (including phenoxy) is 2. The zero-order valence-electron chi connectivity index (χ0n) is 15.2. The van der Waals surface area contributed by atoms with E-state index >= 15 is 0 Å². The van der Waals surface area contributed by atoms with Crippen molar-refractivity contribution in [2.24, 2.45) is 0 Å². The van der Waals surface area contributed by atoms with Crippen molar-refractivity contribution in [3.8, 4) is 16.9 Å². The lowest BCUT2D eigenvalue weighted by Gasteiger charge is -2.14. The monoisotopic (exact) mass is 366 g/mol. The van der Waals surface area contributed by atoms with Gasteiger partial charge in [-0.3, -0.25) is 0 Å².